The summed E-state index contributed by atoms with van der Waals surface area (Å²) >= 11 is 11.6. The first-order chi connectivity index (χ1) is 12.8. The molecule has 0 unspecified atom stereocenters. The Kier molecular flexibility index (Phi) is 6.59. The van der Waals surface area contributed by atoms with Crippen molar-refractivity contribution in [3.05, 3.63) is 57.8 Å². The molecule has 1 N–H and O–H groups in total. The second-order valence-corrected chi connectivity index (χ2v) is 8.43. The van der Waals surface area contributed by atoms with E-state index in [1.165, 1.54) is 12.1 Å². The normalized spacial score (nSPS) is 12.3. The van der Waals surface area contributed by atoms with Crippen LogP contribution in [0.2, 0.25) is 10.0 Å². The van der Waals surface area contributed by atoms with E-state index in [0.717, 1.165) is 19.2 Å². The van der Waals surface area contributed by atoms with Gasteiger partial charge in [0.05, 0.1) is 17.1 Å². The predicted molar refractivity (Wildman–Crippen MR) is 96.3 cm³/mol. The second-order valence-electron chi connectivity index (χ2n) is 5.58. The molecule has 0 saturated heterocycles. The summed E-state index contributed by atoms with van der Waals surface area (Å²) in [7, 11) is -3.12. The van der Waals surface area contributed by atoms with Crippen molar-refractivity contribution in [1.29, 1.82) is 0 Å². The number of carbonyl (C=O) groups is 1. The van der Waals surface area contributed by atoms with Crippen molar-refractivity contribution in [3.63, 3.8) is 0 Å². The molecule has 5 nitrogen and oxygen atoms in total. The summed E-state index contributed by atoms with van der Waals surface area (Å²) < 4.78 is 77.2. The van der Waals surface area contributed by atoms with Gasteiger partial charge in [-0.25, -0.2) is 12.8 Å². The average Bonchev–Trinajstić information content (AvgIpc) is 2.57. The monoisotopic (exact) mass is 458 g/mol. The lowest BCUT2D eigenvalue weighted by molar-refractivity contribution is -0.140. The van der Waals surface area contributed by atoms with Gasteiger partial charge in [0.1, 0.15) is 10.7 Å². The van der Waals surface area contributed by atoms with E-state index in [9.17, 15) is 30.8 Å². The molecule has 0 heterocycles. The van der Waals surface area contributed by atoms with Crippen LogP contribution in [0.1, 0.15) is 5.56 Å². The Bertz CT molecular complexity index is 1010. The molecule has 28 heavy (non-hydrogen) atoms. The maximum Gasteiger partial charge on any atom is 0.419 e. The molecule has 0 aromatic heterocycles. The van der Waals surface area contributed by atoms with Crippen LogP contribution in [0.25, 0.3) is 0 Å². The van der Waals surface area contributed by atoms with Gasteiger partial charge in [-0.05, 0) is 36.4 Å². The molecule has 0 atom stereocenters. The Labute approximate surface area is 167 Å². The summed E-state index contributed by atoms with van der Waals surface area (Å²) in [6.07, 6.45) is -4.95. The van der Waals surface area contributed by atoms with Crippen LogP contribution < -0.4 is 5.32 Å². The zero-order valence-corrected chi connectivity index (χ0v) is 16.3. The molecule has 0 aliphatic rings. The summed E-state index contributed by atoms with van der Waals surface area (Å²) in [5, 5.41) is 2.07. The molecule has 0 bridgehead atoms. The van der Waals surface area contributed by atoms with E-state index in [1.54, 1.807) is 0 Å². The van der Waals surface area contributed by atoms with Gasteiger partial charge in [-0.3, -0.25) is 4.79 Å². The van der Waals surface area contributed by atoms with Gasteiger partial charge in [-0.2, -0.15) is 17.5 Å². The topological polar surface area (TPSA) is 66.5 Å². The number of likely N-dealkylation sites (N-methyl/N-ethyl adjacent to an activating group) is 1. The molecular formula is C16H12Cl2F4N2O3S. The third kappa shape index (κ3) is 5.13. The number of alkyl halides is 3. The smallest absolute Gasteiger partial charge is 0.325 e. The number of benzene rings is 2. The quantitative estimate of drug-likeness (QED) is 0.674. The first kappa shape index (κ1) is 22.4. The minimum Gasteiger partial charge on any atom is -0.325 e. The predicted octanol–water partition coefficient (Wildman–Crippen LogP) is 4.41. The van der Waals surface area contributed by atoms with Crippen molar-refractivity contribution >= 4 is 44.8 Å². The number of rotatable bonds is 5. The lowest BCUT2D eigenvalue weighted by Gasteiger charge is -2.18. The van der Waals surface area contributed by atoms with Gasteiger partial charge in [0.2, 0.25) is 15.9 Å². The molecule has 0 radical (unpaired) electrons. The average molecular weight is 459 g/mol. The summed E-state index contributed by atoms with van der Waals surface area (Å²) in [5.41, 5.74) is -1.90. The van der Waals surface area contributed by atoms with E-state index in [4.69, 9.17) is 23.2 Å². The van der Waals surface area contributed by atoms with E-state index < -0.39 is 40.0 Å². The molecule has 12 heteroatoms. The fraction of sp³-hybridized carbons (Fsp3) is 0.188. The van der Waals surface area contributed by atoms with E-state index in [2.05, 4.69) is 5.32 Å². The van der Waals surface area contributed by atoms with E-state index >= 15 is 0 Å². The number of nitrogens with zero attached hydrogens (tertiary/aromatic N) is 1. The van der Waals surface area contributed by atoms with Crippen LogP contribution in [-0.4, -0.2) is 32.2 Å². The van der Waals surface area contributed by atoms with Crippen molar-refractivity contribution in [3.8, 4) is 0 Å². The van der Waals surface area contributed by atoms with Crippen molar-refractivity contribution in [2.24, 2.45) is 0 Å². The first-order valence-electron chi connectivity index (χ1n) is 7.40. The molecule has 0 fully saturated rings. The van der Waals surface area contributed by atoms with Crippen molar-refractivity contribution < 1.29 is 30.8 Å². The lowest BCUT2D eigenvalue weighted by Crippen LogP contribution is -2.35. The van der Waals surface area contributed by atoms with E-state index in [-0.39, 0.29) is 20.6 Å². The number of sulfonamides is 1. The summed E-state index contributed by atoms with van der Waals surface area (Å²) in [6, 6.07) is 5.62. The van der Waals surface area contributed by atoms with Gasteiger partial charge in [-0.15, -0.1) is 0 Å². The lowest BCUT2D eigenvalue weighted by atomic mass is 10.2. The molecule has 2 aromatic carbocycles. The van der Waals surface area contributed by atoms with Crippen molar-refractivity contribution in [2.75, 3.05) is 18.9 Å². The Morgan fingerprint density at radius 2 is 1.79 bits per heavy atom. The van der Waals surface area contributed by atoms with E-state index in [0.29, 0.717) is 16.4 Å². The number of nitrogens with one attached hydrogen (secondary N) is 1. The maximum atomic E-state index is 13.3. The third-order valence-electron chi connectivity index (χ3n) is 3.50. The fourth-order valence-corrected chi connectivity index (χ4v) is 4.01. The molecule has 2 aromatic rings. The van der Waals surface area contributed by atoms with Crippen LogP contribution in [0, 0.1) is 5.82 Å². The molecule has 152 valence electrons. The molecule has 0 aliphatic heterocycles. The largest absolute Gasteiger partial charge is 0.419 e. The Balaban J connectivity index is 2.18. The SMILES string of the molecule is CN(CC(=O)Nc1ccc(F)c(C(F)(F)F)c1)S(=O)(=O)c1cc(Cl)ccc1Cl. The van der Waals surface area contributed by atoms with Gasteiger partial charge < -0.3 is 5.32 Å². The van der Waals surface area contributed by atoms with Crippen LogP contribution >= 0.6 is 23.2 Å². The summed E-state index contributed by atoms with van der Waals surface area (Å²) in [5.74, 6) is -2.44. The Hall–Kier alpha value is -1.88. The standard InChI is InChI=1S/C16H12Cl2F4N2O3S/c1-24(28(26,27)14-6-9(17)2-4-12(14)18)8-15(25)23-10-3-5-13(19)11(7-10)16(20,21)22/h2-7H,8H2,1H3,(H,23,25). The number of hydrogen-bond donors (Lipinski definition) is 1. The van der Waals surface area contributed by atoms with Gasteiger partial charge in [-0.1, -0.05) is 23.2 Å². The minimum absolute atomic E-state index is 0.104. The second kappa shape index (κ2) is 8.24. The fourth-order valence-electron chi connectivity index (χ4n) is 2.15. The molecule has 1 amide bonds. The van der Waals surface area contributed by atoms with Crippen LogP contribution in [0.5, 0.6) is 0 Å². The number of halogens is 6. The van der Waals surface area contributed by atoms with Gasteiger partial charge in [0, 0.05) is 17.8 Å². The molecular weight excluding hydrogens is 447 g/mol. The minimum atomic E-state index is -4.95. The number of anilines is 1. The highest BCUT2D eigenvalue weighted by atomic mass is 35.5. The van der Waals surface area contributed by atoms with E-state index in [1.807, 2.05) is 0 Å². The third-order valence-corrected chi connectivity index (χ3v) is 6.02. The Morgan fingerprint density at radius 3 is 2.39 bits per heavy atom. The molecule has 2 rings (SSSR count). The zero-order valence-electron chi connectivity index (χ0n) is 14.0. The van der Waals surface area contributed by atoms with Crippen LogP contribution in [0.4, 0.5) is 23.2 Å². The summed E-state index contributed by atoms with van der Waals surface area (Å²) in [4.78, 5) is 11.7. The summed E-state index contributed by atoms with van der Waals surface area (Å²) in [6.45, 7) is -0.732. The van der Waals surface area contributed by atoms with Crippen LogP contribution in [0.15, 0.2) is 41.3 Å². The highest BCUT2D eigenvalue weighted by Gasteiger charge is 2.34. The highest BCUT2D eigenvalue weighted by Crippen LogP contribution is 2.33. The first-order valence-corrected chi connectivity index (χ1v) is 9.60. The maximum absolute atomic E-state index is 13.3. The number of amides is 1. The van der Waals surface area contributed by atoms with Gasteiger partial charge >= 0.3 is 6.18 Å². The van der Waals surface area contributed by atoms with Crippen molar-refractivity contribution in [2.45, 2.75) is 11.1 Å². The van der Waals surface area contributed by atoms with Crippen LogP contribution in [0.3, 0.4) is 0 Å². The highest BCUT2D eigenvalue weighted by molar-refractivity contribution is 7.89. The van der Waals surface area contributed by atoms with Crippen LogP contribution in [-0.2, 0) is 21.0 Å². The molecule has 0 saturated carbocycles. The van der Waals surface area contributed by atoms with Gasteiger partial charge in [0.25, 0.3) is 0 Å². The molecule has 0 spiro atoms. The Morgan fingerprint density at radius 1 is 1.14 bits per heavy atom. The number of hydrogen-bond acceptors (Lipinski definition) is 3. The zero-order chi connectivity index (χ0) is 21.3. The van der Waals surface area contributed by atoms with Crippen molar-refractivity contribution in [1.82, 2.24) is 4.31 Å². The molecule has 0 aliphatic carbocycles. The van der Waals surface area contributed by atoms with Gasteiger partial charge in [0.15, 0.2) is 0 Å². The number of carbonyl (C=O) groups excluding carboxylic acids is 1.